The van der Waals surface area contributed by atoms with E-state index in [1.165, 1.54) is 0 Å². The van der Waals surface area contributed by atoms with Gasteiger partial charge < -0.3 is 11.1 Å². The van der Waals surface area contributed by atoms with E-state index in [4.69, 9.17) is 5.73 Å². The van der Waals surface area contributed by atoms with Crippen LogP contribution in [0.3, 0.4) is 0 Å². The minimum absolute atomic E-state index is 0.0203. The summed E-state index contributed by atoms with van der Waals surface area (Å²) in [5, 5.41) is 2.18. The Kier molecular flexibility index (Phi) is 2.69. The molecule has 2 unspecified atom stereocenters. The summed E-state index contributed by atoms with van der Waals surface area (Å²) in [6, 6.07) is -0.341. The predicted octanol–water partition coefficient (Wildman–Crippen LogP) is 1.71. The first-order valence-electron chi connectivity index (χ1n) is 5.86. The highest BCUT2D eigenvalue weighted by molar-refractivity contribution is 5.84. The Labute approximate surface area is 97.9 Å². The van der Waals surface area contributed by atoms with Crippen molar-refractivity contribution < 1.29 is 18.0 Å². The number of carbonyl (C=O) groups is 1. The number of rotatable bonds is 2. The van der Waals surface area contributed by atoms with E-state index in [0.29, 0.717) is 12.8 Å². The van der Waals surface area contributed by atoms with E-state index in [0.717, 1.165) is 6.42 Å². The van der Waals surface area contributed by atoms with Crippen LogP contribution in [0.4, 0.5) is 13.2 Å². The number of nitrogens with two attached hydrogens (primary N) is 1. The Bertz CT molecular complexity index is 338. The quantitative estimate of drug-likeness (QED) is 0.784. The minimum atomic E-state index is -4.36. The summed E-state index contributed by atoms with van der Waals surface area (Å²) in [7, 11) is 0. The van der Waals surface area contributed by atoms with Crippen molar-refractivity contribution in [3.05, 3.63) is 0 Å². The summed E-state index contributed by atoms with van der Waals surface area (Å²) in [6.45, 7) is 1.66. The molecule has 2 aliphatic carbocycles. The molecular formula is C11H17F3N2O. The van der Waals surface area contributed by atoms with Crippen molar-refractivity contribution in [2.45, 2.75) is 56.8 Å². The van der Waals surface area contributed by atoms with Crippen molar-refractivity contribution in [2.75, 3.05) is 0 Å². The molecular weight excluding hydrogens is 233 g/mol. The highest BCUT2D eigenvalue weighted by atomic mass is 19.4. The third kappa shape index (κ3) is 1.92. The van der Waals surface area contributed by atoms with Gasteiger partial charge in [-0.15, -0.1) is 0 Å². The van der Waals surface area contributed by atoms with Crippen LogP contribution in [0, 0.1) is 5.41 Å². The predicted molar refractivity (Wildman–Crippen MR) is 56.1 cm³/mol. The van der Waals surface area contributed by atoms with Crippen LogP contribution in [0.25, 0.3) is 0 Å². The van der Waals surface area contributed by atoms with Gasteiger partial charge in [0.25, 0.3) is 0 Å². The molecule has 3 nitrogen and oxygen atoms in total. The van der Waals surface area contributed by atoms with Gasteiger partial charge in [0, 0.05) is 6.04 Å². The lowest BCUT2D eigenvalue weighted by atomic mass is 9.84. The van der Waals surface area contributed by atoms with Crippen molar-refractivity contribution in [1.29, 1.82) is 0 Å². The topological polar surface area (TPSA) is 55.1 Å². The van der Waals surface area contributed by atoms with E-state index in [2.05, 4.69) is 5.32 Å². The smallest absolute Gasteiger partial charge is 0.341 e. The third-order valence-corrected chi connectivity index (χ3v) is 4.19. The van der Waals surface area contributed by atoms with Crippen LogP contribution in [-0.2, 0) is 4.79 Å². The SMILES string of the molecule is CC1(C(=O)NC2(C(F)(F)F)CC2)CCCC1N. The molecule has 2 rings (SSSR count). The van der Waals surface area contributed by atoms with E-state index in [9.17, 15) is 18.0 Å². The summed E-state index contributed by atoms with van der Waals surface area (Å²) in [4.78, 5) is 12.0. The molecule has 2 aliphatic rings. The van der Waals surface area contributed by atoms with Crippen LogP contribution in [0.1, 0.15) is 39.0 Å². The largest absolute Gasteiger partial charge is 0.411 e. The molecule has 0 spiro atoms. The lowest BCUT2D eigenvalue weighted by Crippen LogP contribution is -2.55. The molecule has 1 amide bonds. The molecule has 0 aliphatic heterocycles. The fourth-order valence-electron chi connectivity index (χ4n) is 2.44. The maximum Gasteiger partial charge on any atom is 0.411 e. The van der Waals surface area contributed by atoms with E-state index < -0.39 is 23.0 Å². The van der Waals surface area contributed by atoms with Gasteiger partial charge in [0.1, 0.15) is 5.54 Å². The van der Waals surface area contributed by atoms with Gasteiger partial charge in [0.2, 0.25) is 5.91 Å². The molecule has 0 saturated heterocycles. The van der Waals surface area contributed by atoms with Crippen LogP contribution >= 0.6 is 0 Å². The summed E-state index contributed by atoms with van der Waals surface area (Å²) in [6.07, 6.45) is -2.34. The van der Waals surface area contributed by atoms with Gasteiger partial charge in [-0.05, 0) is 32.6 Å². The lowest BCUT2D eigenvalue weighted by molar-refractivity contribution is -0.173. The highest BCUT2D eigenvalue weighted by Crippen LogP contribution is 2.50. The molecule has 0 bridgehead atoms. The Hall–Kier alpha value is -0.780. The van der Waals surface area contributed by atoms with Crippen molar-refractivity contribution in [3.8, 4) is 0 Å². The first kappa shape index (κ1) is 12.7. The highest BCUT2D eigenvalue weighted by Gasteiger charge is 2.65. The number of carbonyl (C=O) groups excluding carboxylic acids is 1. The average Bonchev–Trinajstić information content (AvgIpc) is 2.90. The third-order valence-electron chi connectivity index (χ3n) is 4.19. The van der Waals surface area contributed by atoms with Gasteiger partial charge in [0.15, 0.2) is 0 Å². The van der Waals surface area contributed by atoms with Gasteiger partial charge >= 0.3 is 6.18 Å². The summed E-state index contributed by atoms with van der Waals surface area (Å²) >= 11 is 0. The zero-order valence-corrected chi connectivity index (χ0v) is 9.73. The fraction of sp³-hybridized carbons (Fsp3) is 0.909. The molecule has 0 aromatic heterocycles. The maximum atomic E-state index is 12.7. The van der Waals surface area contributed by atoms with E-state index in [1.807, 2.05) is 0 Å². The van der Waals surface area contributed by atoms with Gasteiger partial charge in [0.05, 0.1) is 5.41 Å². The second-order valence-corrected chi connectivity index (χ2v) is 5.45. The minimum Gasteiger partial charge on any atom is -0.341 e. The Morgan fingerprint density at radius 3 is 2.29 bits per heavy atom. The van der Waals surface area contributed by atoms with Gasteiger partial charge in [-0.2, -0.15) is 13.2 Å². The van der Waals surface area contributed by atoms with Crippen LogP contribution in [0.15, 0.2) is 0 Å². The van der Waals surface area contributed by atoms with E-state index in [-0.39, 0.29) is 18.9 Å². The summed E-state index contributed by atoms with van der Waals surface area (Å²) in [5.41, 5.74) is 3.00. The zero-order chi connectivity index (χ0) is 12.9. The molecule has 17 heavy (non-hydrogen) atoms. The normalized spacial score (nSPS) is 35.7. The average molecular weight is 250 g/mol. The first-order valence-corrected chi connectivity index (χ1v) is 5.86. The van der Waals surface area contributed by atoms with Gasteiger partial charge in [-0.1, -0.05) is 6.42 Å². The number of amides is 1. The second-order valence-electron chi connectivity index (χ2n) is 5.45. The number of hydrogen-bond donors (Lipinski definition) is 2. The summed E-state index contributed by atoms with van der Waals surface area (Å²) < 4.78 is 38.2. The van der Waals surface area contributed by atoms with Gasteiger partial charge in [-0.3, -0.25) is 4.79 Å². The van der Waals surface area contributed by atoms with Crippen molar-refractivity contribution in [3.63, 3.8) is 0 Å². The van der Waals surface area contributed by atoms with E-state index >= 15 is 0 Å². The maximum absolute atomic E-state index is 12.7. The molecule has 2 fully saturated rings. The molecule has 0 heterocycles. The Morgan fingerprint density at radius 2 is 1.94 bits per heavy atom. The number of nitrogens with one attached hydrogen (secondary N) is 1. The standard InChI is InChI=1S/C11H17F3N2O/c1-9(4-2-3-7(9)15)8(17)16-10(5-6-10)11(12,13)14/h7H,2-6,15H2,1H3,(H,16,17). The molecule has 0 aromatic rings. The number of alkyl halides is 3. The molecule has 0 aromatic carbocycles. The van der Waals surface area contributed by atoms with Crippen LogP contribution in [0.2, 0.25) is 0 Å². The van der Waals surface area contributed by atoms with Gasteiger partial charge in [-0.25, -0.2) is 0 Å². The second kappa shape index (κ2) is 3.60. The Morgan fingerprint density at radius 1 is 1.35 bits per heavy atom. The number of halogens is 3. The molecule has 3 N–H and O–H groups in total. The molecule has 2 atom stereocenters. The molecule has 0 radical (unpaired) electrons. The zero-order valence-electron chi connectivity index (χ0n) is 9.73. The Balaban J connectivity index is 2.08. The number of hydrogen-bond acceptors (Lipinski definition) is 2. The van der Waals surface area contributed by atoms with Crippen molar-refractivity contribution in [2.24, 2.45) is 11.1 Å². The fourth-order valence-corrected chi connectivity index (χ4v) is 2.44. The van der Waals surface area contributed by atoms with Crippen LogP contribution < -0.4 is 11.1 Å². The molecule has 6 heteroatoms. The van der Waals surface area contributed by atoms with Crippen LogP contribution in [0.5, 0.6) is 0 Å². The van der Waals surface area contributed by atoms with E-state index in [1.54, 1.807) is 6.92 Å². The lowest BCUT2D eigenvalue weighted by Gasteiger charge is -2.31. The monoisotopic (exact) mass is 250 g/mol. The molecule has 2 saturated carbocycles. The summed E-state index contributed by atoms with van der Waals surface area (Å²) in [5.74, 6) is -0.544. The molecule has 98 valence electrons. The van der Waals surface area contributed by atoms with Crippen molar-refractivity contribution >= 4 is 5.91 Å². The van der Waals surface area contributed by atoms with Crippen molar-refractivity contribution in [1.82, 2.24) is 5.32 Å². The first-order chi connectivity index (χ1) is 7.71. The van der Waals surface area contributed by atoms with Crippen LogP contribution in [-0.4, -0.2) is 23.7 Å².